The predicted octanol–water partition coefficient (Wildman–Crippen LogP) is 0.537. The molecule has 1 aliphatic carbocycles. The first-order valence-electron chi connectivity index (χ1n) is 7.16. The van der Waals surface area contributed by atoms with E-state index in [0.29, 0.717) is 19.1 Å². The predicted molar refractivity (Wildman–Crippen MR) is 75.7 cm³/mol. The van der Waals surface area contributed by atoms with Crippen molar-refractivity contribution in [3.8, 4) is 5.75 Å². The molecule has 2 aromatic rings. The summed E-state index contributed by atoms with van der Waals surface area (Å²) in [6.07, 6.45) is 1.72. The molecule has 1 heterocycles. The largest absolute Gasteiger partial charge is 0.491 e. The fraction of sp³-hybridized carbons (Fsp3) is 0.500. The average Bonchev–Trinajstić information content (AvgIpc) is 3.26. The van der Waals surface area contributed by atoms with Crippen molar-refractivity contribution in [2.45, 2.75) is 31.5 Å². The molecule has 1 atom stereocenters. The van der Waals surface area contributed by atoms with Crippen LogP contribution in [0.3, 0.4) is 0 Å². The first kappa shape index (κ1) is 14.0. The summed E-state index contributed by atoms with van der Waals surface area (Å²) < 4.78 is 7.35. The summed E-state index contributed by atoms with van der Waals surface area (Å²) in [5.74, 6) is 1.57. The Morgan fingerprint density at radius 3 is 2.90 bits per heavy atom. The van der Waals surface area contributed by atoms with Gasteiger partial charge < -0.3 is 15.2 Å². The van der Waals surface area contributed by atoms with Crippen LogP contribution in [0.25, 0.3) is 0 Å². The van der Waals surface area contributed by atoms with E-state index >= 15 is 0 Å². The van der Waals surface area contributed by atoms with Gasteiger partial charge in [-0.25, -0.2) is 4.68 Å². The van der Waals surface area contributed by atoms with Crippen molar-refractivity contribution in [3.63, 3.8) is 0 Å². The highest BCUT2D eigenvalue weighted by atomic mass is 16.5. The lowest BCUT2D eigenvalue weighted by atomic mass is 10.3. The van der Waals surface area contributed by atoms with Crippen LogP contribution in [0.1, 0.15) is 24.7 Å². The van der Waals surface area contributed by atoms with Crippen molar-refractivity contribution in [1.82, 2.24) is 25.5 Å². The summed E-state index contributed by atoms with van der Waals surface area (Å²) in [5, 5.41) is 24.7. The Morgan fingerprint density at radius 1 is 1.33 bits per heavy atom. The fourth-order valence-corrected chi connectivity index (χ4v) is 2.05. The fourth-order valence-electron chi connectivity index (χ4n) is 2.05. The summed E-state index contributed by atoms with van der Waals surface area (Å²) in [7, 11) is 0. The van der Waals surface area contributed by atoms with E-state index in [2.05, 4.69) is 20.8 Å². The van der Waals surface area contributed by atoms with Crippen LogP contribution in [0.4, 0.5) is 0 Å². The quantitative estimate of drug-likeness (QED) is 0.737. The number of rotatable bonds is 8. The molecule has 1 fully saturated rings. The highest BCUT2D eigenvalue weighted by Gasteiger charge is 2.27. The second-order valence-electron chi connectivity index (χ2n) is 5.18. The number of aliphatic hydroxyl groups is 1. The van der Waals surface area contributed by atoms with Gasteiger partial charge in [0, 0.05) is 6.54 Å². The van der Waals surface area contributed by atoms with E-state index in [4.69, 9.17) is 4.74 Å². The Balaban J connectivity index is 1.37. The molecule has 112 valence electrons. The highest BCUT2D eigenvalue weighted by molar-refractivity contribution is 5.20. The molecule has 0 saturated heterocycles. The van der Waals surface area contributed by atoms with Gasteiger partial charge in [0.05, 0.1) is 12.6 Å². The molecule has 0 radical (unpaired) electrons. The van der Waals surface area contributed by atoms with Gasteiger partial charge in [-0.2, -0.15) is 0 Å². The third-order valence-electron chi connectivity index (χ3n) is 3.30. The van der Waals surface area contributed by atoms with Gasteiger partial charge in [0.2, 0.25) is 0 Å². The molecule has 1 aromatic carbocycles. The Kier molecular flexibility index (Phi) is 4.42. The number of hydrogen-bond donors (Lipinski definition) is 2. The summed E-state index contributed by atoms with van der Waals surface area (Å²) >= 11 is 0. The van der Waals surface area contributed by atoms with E-state index in [1.165, 1.54) is 0 Å². The van der Waals surface area contributed by atoms with E-state index < -0.39 is 6.10 Å². The molecular formula is C14H19N5O2. The summed E-state index contributed by atoms with van der Waals surface area (Å²) in [4.78, 5) is 0. The number of ether oxygens (including phenoxy) is 1. The van der Waals surface area contributed by atoms with E-state index in [9.17, 15) is 5.11 Å². The van der Waals surface area contributed by atoms with Gasteiger partial charge in [-0.15, -0.1) is 5.10 Å². The van der Waals surface area contributed by atoms with E-state index in [0.717, 1.165) is 24.4 Å². The molecule has 1 saturated carbocycles. The molecule has 3 rings (SSSR count). The zero-order valence-corrected chi connectivity index (χ0v) is 11.7. The highest BCUT2D eigenvalue weighted by Crippen LogP contribution is 2.34. The van der Waals surface area contributed by atoms with Gasteiger partial charge in [-0.1, -0.05) is 18.2 Å². The average molecular weight is 289 g/mol. The minimum absolute atomic E-state index is 0.255. The third kappa shape index (κ3) is 3.99. The van der Waals surface area contributed by atoms with Crippen molar-refractivity contribution in [1.29, 1.82) is 0 Å². The first-order valence-corrected chi connectivity index (χ1v) is 7.16. The molecule has 0 unspecified atom stereocenters. The maximum Gasteiger partial charge on any atom is 0.165 e. The standard InChI is InChI=1S/C14H19N5O2/c20-12(10-21-13-4-2-1-3-5-13)8-15-9-14-16-17-18-19(14)11-6-7-11/h1-5,11-12,15,20H,6-10H2/t12-/m1/s1. The van der Waals surface area contributed by atoms with Crippen LogP contribution in [0.5, 0.6) is 5.75 Å². The van der Waals surface area contributed by atoms with Crippen LogP contribution < -0.4 is 10.1 Å². The minimum atomic E-state index is -0.574. The lowest BCUT2D eigenvalue weighted by Crippen LogP contribution is -2.31. The molecule has 0 amide bonds. The van der Waals surface area contributed by atoms with Crippen LogP contribution in [0.2, 0.25) is 0 Å². The molecule has 1 aliphatic rings. The maximum absolute atomic E-state index is 9.88. The number of hydrogen-bond acceptors (Lipinski definition) is 6. The number of para-hydroxylation sites is 1. The lowest BCUT2D eigenvalue weighted by molar-refractivity contribution is 0.106. The van der Waals surface area contributed by atoms with Crippen LogP contribution >= 0.6 is 0 Å². The minimum Gasteiger partial charge on any atom is -0.491 e. The molecular weight excluding hydrogens is 270 g/mol. The number of aromatic nitrogens is 4. The Labute approximate surface area is 122 Å². The molecule has 0 aliphatic heterocycles. The number of nitrogens with one attached hydrogen (secondary N) is 1. The molecule has 1 aromatic heterocycles. The van der Waals surface area contributed by atoms with Crippen molar-refractivity contribution < 1.29 is 9.84 Å². The van der Waals surface area contributed by atoms with Gasteiger partial charge in [-0.05, 0) is 35.4 Å². The van der Waals surface area contributed by atoms with E-state index in [-0.39, 0.29) is 6.61 Å². The van der Waals surface area contributed by atoms with Crippen molar-refractivity contribution >= 4 is 0 Å². The second-order valence-corrected chi connectivity index (χ2v) is 5.18. The van der Waals surface area contributed by atoms with Gasteiger partial charge in [0.25, 0.3) is 0 Å². The molecule has 21 heavy (non-hydrogen) atoms. The van der Waals surface area contributed by atoms with Gasteiger partial charge in [0.15, 0.2) is 5.82 Å². The Morgan fingerprint density at radius 2 is 2.14 bits per heavy atom. The molecule has 0 bridgehead atoms. The van der Waals surface area contributed by atoms with Crippen LogP contribution in [0.15, 0.2) is 30.3 Å². The SMILES string of the molecule is O[C@H](CNCc1nnnn1C1CC1)COc1ccccc1. The van der Waals surface area contributed by atoms with Crippen molar-refractivity contribution in [2.24, 2.45) is 0 Å². The Bertz CT molecular complexity index is 556. The maximum atomic E-state index is 9.88. The number of aliphatic hydroxyl groups excluding tert-OH is 1. The monoisotopic (exact) mass is 289 g/mol. The normalized spacial score (nSPS) is 15.9. The van der Waals surface area contributed by atoms with E-state index in [1.807, 2.05) is 35.0 Å². The Hall–Kier alpha value is -1.99. The first-order chi connectivity index (χ1) is 10.3. The molecule has 7 nitrogen and oxygen atoms in total. The summed E-state index contributed by atoms with van der Waals surface area (Å²) in [6, 6.07) is 9.92. The van der Waals surface area contributed by atoms with Gasteiger partial charge >= 0.3 is 0 Å². The smallest absolute Gasteiger partial charge is 0.165 e. The molecule has 2 N–H and O–H groups in total. The van der Waals surface area contributed by atoms with Crippen LogP contribution in [0, 0.1) is 0 Å². The van der Waals surface area contributed by atoms with Crippen LogP contribution in [-0.4, -0.2) is 44.6 Å². The number of benzene rings is 1. The number of tetrazole rings is 1. The zero-order valence-electron chi connectivity index (χ0n) is 11.7. The molecule has 0 spiro atoms. The molecule has 7 heteroatoms. The number of nitrogens with zero attached hydrogens (tertiary/aromatic N) is 4. The van der Waals surface area contributed by atoms with Crippen molar-refractivity contribution in [2.75, 3.05) is 13.2 Å². The second kappa shape index (κ2) is 6.64. The summed E-state index contributed by atoms with van der Waals surface area (Å²) in [5.41, 5.74) is 0. The van der Waals surface area contributed by atoms with Crippen molar-refractivity contribution in [3.05, 3.63) is 36.2 Å². The third-order valence-corrected chi connectivity index (χ3v) is 3.30. The van der Waals surface area contributed by atoms with Gasteiger partial charge in [-0.3, -0.25) is 0 Å². The van der Waals surface area contributed by atoms with Gasteiger partial charge in [0.1, 0.15) is 18.5 Å². The van der Waals surface area contributed by atoms with Crippen LogP contribution in [-0.2, 0) is 6.54 Å². The van der Waals surface area contributed by atoms with E-state index in [1.54, 1.807) is 0 Å². The lowest BCUT2D eigenvalue weighted by Gasteiger charge is -2.13. The summed E-state index contributed by atoms with van der Waals surface area (Å²) in [6.45, 7) is 1.24. The topological polar surface area (TPSA) is 85.1 Å². The zero-order chi connectivity index (χ0) is 14.5.